The molecule has 2 rings (SSSR count). The number of hydrogen-bond acceptors (Lipinski definition) is 3. The predicted molar refractivity (Wildman–Crippen MR) is 85.4 cm³/mol. The van der Waals surface area contributed by atoms with Gasteiger partial charge in [-0.3, -0.25) is 4.68 Å². The zero-order chi connectivity index (χ0) is 15.1. The van der Waals surface area contributed by atoms with E-state index in [1.54, 1.807) is 0 Å². The molecule has 0 amide bonds. The number of rotatable bonds is 8. The third-order valence-electron chi connectivity index (χ3n) is 3.51. The number of ether oxygens (including phenoxy) is 1. The third-order valence-corrected chi connectivity index (χ3v) is 3.51. The Hall–Kier alpha value is -1.81. The van der Waals surface area contributed by atoms with E-state index in [9.17, 15) is 0 Å². The van der Waals surface area contributed by atoms with Crippen LogP contribution in [0.1, 0.15) is 50.4 Å². The molecular weight excluding hydrogens is 262 g/mol. The van der Waals surface area contributed by atoms with Crippen molar-refractivity contribution in [2.45, 2.75) is 45.7 Å². The van der Waals surface area contributed by atoms with E-state index >= 15 is 0 Å². The van der Waals surface area contributed by atoms with E-state index < -0.39 is 0 Å². The van der Waals surface area contributed by atoms with Crippen molar-refractivity contribution in [3.05, 3.63) is 47.8 Å². The lowest BCUT2D eigenvalue weighted by Crippen LogP contribution is -2.17. The first-order chi connectivity index (χ1) is 10.3. The lowest BCUT2D eigenvalue weighted by atomic mass is 10.0. The van der Waals surface area contributed by atoms with Crippen molar-refractivity contribution < 1.29 is 4.74 Å². The van der Waals surface area contributed by atoms with Crippen LogP contribution < -0.4 is 10.5 Å². The Morgan fingerprint density at radius 1 is 1.14 bits per heavy atom. The second-order valence-corrected chi connectivity index (χ2v) is 5.23. The van der Waals surface area contributed by atoms with E-state index in [1.165, 1.54) is 0 Å². The van der Waals surface area contributed by atoms with Gasteiger partial charge in [-0.15, -0.1) is 0 Å². The van der Waals surface area contributed by atoms with E-state index in [1.807, 2.05) is 41.2 Å². The van der Waals surface area contributed by atoms with Crippen molar-refractivity contribution in [1.29, 1.82) is 0 Å². The third kappa shape index (κ3) is 4.08. The molecule has 0 aliphatic rings. The predicted octanol–water partition coefficient (Wildman–Crippen LogP) is 3.52. The molecule has 0 spiro atoms. The minimum absolute atomic E-state index is 0.149. The summed E-state index contributed by atoms with van der Waals surface area (Å²) in [6.07, 6.45) is 5.08. The Kier molecular flexibility index (Phi) is 5.81. The van der Waals surface area contributed by atoms with Gasteiger partial charge in [-0.2, -0.15) is 5.10 Å². The average Bonchev–Trinajstić information content (AvgIpc) is 2.96. The van der Waals surface area contributed by atoms with Crippen LogP contribution in [0.2, 0.25) is 0 Å². The summed E-state index contributed by atoms with van der Waals surface area (Å²) in [5.41, 5.74) is 8.49. The zero-order valence-electron chi connectivity index (χ0n) is 13.0. The molecule has 1 aromatic carbocycles. The van der Waals surface area contributed by atoms with Crippen LogP contribution >= 0.6 is 0 Å². The highest BCUT2D eigenvalue weighted by molar-refractivity contribution is 5.32. The highest BCUT2D eigenvalue weighted by Gasteiger charge is 2.13. The van der Waals surface area contributed by atoms with Crippen LogP contribution in [-0.2, 0) is 6.54 Å². The molecule has 0 radical (unpaired) electrons. The summed E-state index contributed by atoms with van der Waals surface area (Å²) in [6.45, 7) is 5.96. The number of hydrogen-bond donors (Lipinski definition) is 1. The summed E-state index contributed by atoms with van der Waals surface area (Å²) in [7, 11) is 0. The molecule has 114 valence electrons. The molecule has 0 saturated heterocycles. The zero-order valence-corrected chi connectivity index (χ0v) is 13.0. The minimum Gasteiger partial charge on any atom is -0.494 e. The smallest absolute Gasteiger partial charge is 0.119 e. The second-order valence-electron chi connectivity index (χ2n) is 5.23. The van der Waals surface area contributed by atoms with Gasteiger partial charge in [0.05, 0.1) is 18.3 Å². The van der Waals surface area contributed by atoms with Crippen molar-refractivity contribution in [3.8, 4) is 5.75 Å². The average molecular weight is 287 g/mol. The van der Waals surface area contributed by atoms with Crippen molar-refractivity contribution >= 4 is 0 Å². The van der Waals surface area contributed by atoms with Crippen molar-refractivity contribution in [2.24, 2.45) is 5.73 Å². The number of nitrogens with two attached hydrogens (primary N) is 1. The standard InChI is InChI=1S/C17H25N3O/c1-3-5-13-21-15-8-6-14(7-9-15)17(18)16-10-11-19-20(16)12-4-2/h6-11,17H,3-5,12-13,18H2,1-2H3. The number of aromatic nitrogens is 2. The monoisotopic (exact) mass is 287 g/mol. The van der Waals surface area contributed by atoms with Crippen molar-refractivity contribution in [1.82, 2.24) is 9.78 Å². The molecule has 1 unspecified atom stereocenters. The SMILES string of the molecule is CCCCOc1ccc(C(N)c2ccnn2CCC)cc1. The summed E-state index contributed by atoms with van der Waals surface area (Å²) >= 11 is 0. The number of unbranched alkanes of at least 4 members (excludes halogenated alkanes) is 1. The lowest BCUT2D eigenvalue weighted by molar-refractivity contribution is 0.309. The molecule has 1 atom stereocenters. The maximum absolute atomic E-state index is 6.36. The normalized spacial score (nSPS) is 12.3. The number of aryl methyl sites for hydroxylation is 1. The van der Waals surface area contributed by atoms with Gasteiger partial charge in [0.1, 0.15) is 5.75 Å². The van der Waals surface area contributed by atoms with E-state index in [0.29, 0.717) is 0 Å². The molecule has 21 heavy (non-hydrogen) atoms. The van der Waals surface area contributed by atoms with Crippen LogP contribution in [0.3, 0.4) is 0 Å². The number of benzene rings is 1. The molecule has 1 aromatic heterocycles. The molecule has 2 aromatic rings. The molecule has 4 heteroatoms. The van der Waals surface area contributed by atoms with Gasteiger partial charge in [0, 0.05) is 12.7 Å². The first kappa shape index (κ1) is 15.6. The Labute approximate surface area is 126 Å². The van der Waals surface area contributed by atoms with Gasteiger partial charge in [-0.25, -0.2) is 0 Å². The lowest BCUT2D eigenvalue weighted by Gasteiger charge is -2.15. The molecular formula is C17H25N3O. The van der Waals surface area contributed by atoms with Crippen molar-refractivity contribution in [2.75, 3.05) is 6.61 Å². The first-order valence-electron chi connectivity index (χ1n) is 7.76. The minimum atomic E-state index is -0.149. The maximum Gasteiger partial charge on any atom is 0.119 e. The summed E-state index contributed by atoms with van der Waals surface area (Å²) in [4.78, 5) is 0. The van der Waals surface area contributed by atoms with Crippen LogP contribution in [0.4, 0.5) is 0 Å². The van der Waals surface area contributed by atoms with E-state index in [-0.39, 0.29) is 6.04 Å². The maximum atomic E-state index is 6.36. The number of nitrogens with zero attached hydrogens (tertiary/aromatic N) is 2. The molecule has 0 fully saturated rings. The van der Waals surface area contributed by atoms with Gasteiger partial charge >= 0.3 is 0 Å². The van der Waals surface area contributed by atoms with Gasteiger partial charge < -0.3 is 10.5 Å². The summed E-state index contributed by atoms with van der Waals surface area (Å²) in [5, 5.41) is 4.33. The van der Waals surface area contributed by atoms with Gasteiger partial charge in [0.25, 0.3) is 0 Å². The Balaban J connectivity index is 2.05. The van der Waals surface area contributed by atoms with Crippen LogP contribution in [0.5, 0.6) is 5.75 Å². The Bertz CT molecular complexity index is 533. The van der Waals surface area contributed by atoms with E-state index in [2.05, 4.69) is 18.9 Å². The van der Waals surface area contributed by atoms with Crippen LogP contribution in [-0.4, -0.2) is 16.4 Å². The highest BCUT2D eigenvalue weighted by Crippen LogP contribution is 2.22. The van der Waals surface area contributed by atoms with Crippen LogP contribution in [0.25, 0.3) is 0 Å². The molecule has 0 bridgehead atoms. The summed E-state index contributed by atoms with van der Waals surface area (Å²) in [5.74, 6) is 0.904. The first-order valence-corrected chi connectivity index (χ1v) is 7.76. The van der Waals surface area contributed by atoms with Crippen LogP contribution in [0, 0.1) is 0 Å². The van der Waals surface area contributed by atoms with Gasteiger partial charge in [0.15, 0.2) is 0 Å². The summed E-state index contributed by atoms with van der Waals surface area (Å²) in [6, 6.07) is 9.90. The van der Waals surface area contributed by atoms with Gasteiger partial charge in [-0.05, 0) is 36.6 Å². The molecule has 0 saturated carbocycles. The quantitative estimate of drug-likeness (QED) is 0.756. The molecule has 0 aliphatic carbocycles. The molecule has 2 N–H and O–H groups in total. The molecule has 4 nitrogen and oxygen atoms in total. The Morgan fingerprint density at radius 2 is 1.90 bits per heavy atom. The van der Waals surface area contributed by atoms with Gasteiger partial charge in [0.2, 0.25) is 0 Å². The second kappa shape index (κ2) is 7.84. The highest BCUT2D eigenvalue weighted by atomic mass is 16.5. The topological polar surface area (TPSA) is 53.1 Å². The van der Waals surface area contributed by atoms with Crippen molar-refractivity contribution in [3.63, 3.8) is 0 Å². The van der Waals surface area contributed by atoms with E-state index in [0.717, 1.165) is 49.4 Å². The fourth-order valence-corrected chi connectivity index (χ4v) is 2.28. The molecule has 0 aliphatic heterocycles. The van der Waals surface area contributed by atoms with Crippen LogP contribution in [0.15, 0.2) is 36.5 Å². The van der Waals surface area contributed by atoms with Gasteiger partial charge in [-0.1, -0.05) is 32.4 Å². The largest absolute Gasteiger partial charge is 0.494 e. The molecule has 1 heterocycles. The fourth-order valence-electron chi connectivity index (χ4n) is 2.28. The summed E-state index contributed by atoms with van der Waals surface area (Å²) < 4.78 is 7.66. The Morgan fingerprint density at radius 3 is 2.57 bits per heavy atom. The van der Waals surface area contributed by atoms with E-state index in [4.69, 9.17) is 10.5 Å². The fraction of sp³-hybridized carbons (Fsp3) is 0.471.